The number of hydrogen-bond acceptors (Lipinski definition) is 6. The summed E-state index contributed by atoms with van der Waals surface area (Å²) >= 11 is 0. The normalized spacial score (nSPS) is 19.6. The van der Waals surface area contributed by atoms with E-state index in [1.54, 1.807) is 18.2 Å². The number of benzene rings is 1. The van der Waals surface area contributed by atoms with Crippen LogP contribution in [0.3, 0.4) is 0 Å². The number of hydrazine groups is 1. The zero-order valence-corrected chi connectivity index (χ0v) is 15.7. The van der Waals surface area contributed by atoms with Crippen LogP contribution in [-0.4, -0.2) is 32.3 Å². The molecule has 1 fully saturated rings. The Kier molecular flexibility index (Phi) is 4.35. The van der Waals surface area contributed by atoms with Crippen molar-refractivity contribution in [1.29, 1.82) is 0 Å². The number of nitrogens with zero attached hydrogens (tertiary/aromatic N) is 1. The molecule has 1 aliphatic heterocycles. The molecule has 0 atom stereocenters. The van der Waals surface area contributed by atoms with E-state index in [0.29, 0.717) is 17.0 Å². The first kappa shape index (κ1) is 18.5. The molecule has 3 rings (SSSR count). The number of ether oxygens (including phenoxy) is 1. The molecule has 1 aliphatic carbocycles. The standard InChI is InChI=1S/C16H23N5O4S/c1-15(2,3)21-18-14(22)16(7-8-16)9-25-11-6-4-5-10-12(11)13(17)20-26(23,24)19-10/h4-6,19,21H,7-9H2,1-3H3,(H2,17,20)(H,18,22). The van der Waals surface area contributed by atoms with Gasteiger partial charge in [0.1, 0.15) is 12.4 Å². The average molecular weight is 381 g/mol. The van der Waals surface area contributed by atoms with Gasteiger partial charge < -0.3 is 10.5 Å². The van der Waals surface area contributed by atoms with E-state index in [-0.39, 0.29) is 23.9 Å². The van der Waals surface area contributed by atoms with Crippen molar-refractivity contribution in [3.8, 4) is 5.75 Å². The number of nitrogens with one attached hydrogen (secondary N) is 3. The smallest absolute Gasteiger partial charge is 0.344 e. The van der Waals surface area contributed by atoms with Gasteiger partial charge in [-0.3, -0.25) is 14.9 Å². The van der Waals surface area contributed by atoms with Crippen molar-refractivity contribution in [2.24, 2.45) is 15.5 Å². The van der Waals surface area contributed by atoms with Gasteiger partial charge in [0.15, 0.2) is 5.84 Å². The van der Waals surface area contributed by atoms with Gasteiger partial charge in [-0.05, 0) is 45.7 Å². The molecule has 1 saturated carbocycles. The van der Waals surface area contributed by atoms with Gasteiger partial charge in [0, 0.05) is 5.54 Å². The van der Waals surface area contributed by atoms with Gasteiger partial charge in [-0.1, -0.05) is 6.07 Å². The van der Waals surface area contributed by atoms with E-state index in [1.807, 2.05) is 20.8 Å². The van der Waals surface area contributed by atoms with E-state index in [0.717, 1.165) is 12.8 Å². The fourth-order valence-corrected chi connectivity index (χ4v) is 3.36. The summed E-state index contributed by atoms with van der Waals surface area (Å²) in [6.07, 6.45) is 1.44. The van der Waals surface area contributed by atoms with Crippen LogP contribution in [0.15, 0.2) is 22.6 Å². The summed E-state index contributed by atoms with van der Waals surface area (Å²) in [6.45, 7) is 6.01. The molecular weight excluding hydrogens is 358 g/mol. The maximum absolute atomic E-state index is 12.4. The van der Waals surface area contributed by atoms with Crippen molar-refractivity contribution in [3.63, 3.8) is 0 Å². The third-order valence-corrected chi connectivity index (χ3v) is 5.04. The molecule has 1 aromatic rings. The minimum absolute atomic E-state index is 0.125. The Hall–Kier alpha value is -2.33. The fraction of sp³-hybridized carbons (Fsp3) is 0.500. The number of fused-ring (bicyclic) bond motifs is 1. The molecule has 0 saturated heterocycles. The number of rotatable bonds is 5. The zero-order chi connectivity index (χ0) is 19.2. The van der Waals surface area contributed by atoms with Gasteiger partial charge in [-0.25, -0.2) is 5.43 Å². The van der Waals surface area contributed by atoms with Crippen LogP contribution >= 0.6 is 0 Å². The van der Waals surface area contributed by atoms with Gasteiger partial charge in [-0.2, -0.15) is 8.42 Å². The Bertz CT molecular complexity index is 869. The largest absolute Gasteiger partial charge is 0.492 e. The lowest BCUT2D eigenvalue weighted by Crippen LogP contribution is -2.51. The highest BCUT2D eigenvalue weighted by atomic mass is 32.2. The summed E-state index contributed by atoms with van der Waals surface area (Å²) in [5, 5.41) is 0. The number of carbonyl (C=O) groups excluding carboxylic acids is 1. The van der Waals surface area contributed by atoms with E-state index in [2.05, 4.69) is 20.0 Å². The second-order valence-electron chi connectivity index (χ2n) is 7.63. The summed E-state index contributed by atoms with van der Waals surface area (Å²) in [5.41, 5.74) is 11.3. The third kappa shape index (κ3) is 3.91. The molecule has 1 heterocycles. The van der Waals surface area contributed by atoms with Gasteiger partial charge in [0.2, 0.25) is 5.91 Å². The minimum atomic E-state index is -3.84. The molecule has 0 bridgehead atoms. The second kappa shape index (κ2) is 6.13. The predicted octanol–water partition coefficient (Wildman–Crippen LogP) is 0.641. The van der Waals surface area contributed by atoms with Crippen LogP contribution in [0.2, 0.25) is 0 Å². The molecule has 10 heteroatoms. The first-order valence-corrected chi connectivity index (χ1v) is 9.67. The van der Waals surface area contributed by atoms with Crippen LogP contribution in [0, 0.1) is 5.41 Å². The van der Waals surface area contributed by atoms with Crippen LogP contribution < -0.4 is 26.0 Å². The van der Waals surface area contributed by atoms with Crippen molar-refractivity contribution in [3.05, 3.63) is 23.8 Å². The topological polar surface area (TPSA) is 135 Å². The number of hydrogen-bond donors (Lipinski definition) is 4. The van der Waals surface area contributed by atoms with Crippen LogP contribution in [-0.2, 0) is 15.0 Å². The summed E-state index contributed by atoms with van der Waals surface area (Å²) in [4.78, 5) is 12.4. The lowest BCUT2D eigenvalue weighted by molar-refractivity contribution is -0.129. The maximum atomic E-state index is 12.4. The monoisotopic (exact) mass is 381 g/mol. The Morgan fingerprint density at radius 1 is 1.38 bits per heavy atom. The zero-order valence-electron chi connectivity index (χ0n) is 14.9. The van der Waals surface area contributed by atoms with E-state index in [4.69, 9.17) is 10.5 Å². The molecule has 9 nitrogen and oxygen atoms in total. The Balaban J connectivity index is 1.73. The fourth-order valence-electron chi connectivity index (χ4n) is 2.52. The molecular formula is C16H23N5O4S. The van der Waals surface area contributed by atoms with Crippen LogP contribution in [0.25, 0.3) is 0 Å². The molecule has 5 N–H and O–H groups in total. The minimum Gasteiger partial charge on any atom is -0.492 e. The van der Waals surface area contributed by atoms with Gasteiger partial charge in [0.25, 0.3) is 0 Å². The lowest BCUT2D eigenvalue weighted by Gasteiger charge is -2.24. The van der Waals surface area contributed by atoms with Gasteiger partial charge in [0.05, 0.1) is 16.7 Å². The highest BCUT2D eigenvalue weighted by Crippen LogP contribution is 2.46. The number of amidine groups is 1. The number of anilines is 1. The third-order valence-electron chi connectivity index (χ3n) is 4.13. The molecule has 1 amide bonds. The van der Waals surface area contributed by atoms with Gasteiger partial charge >= 0.3 is 10.2 Å². The van der Waals surface area contributed by atoms with Crippen molar-refractivity contribution >= 4 is 27.6 Å². The van der Waals surface area contributed by atoms with Crippen molar-refractivity contribution in [2.75, 3.05) is 11.3 Å². The van der Waals surface area contributed by atoms with E-state index < -0.39 is 15.6 Å². The van der Waals surface area contributed by atoms with Crippen molar-refractivity contribution in [2.45, 2.75) is 39.2 Å². The molecule has 142 valence electrons. The highest BCUT2D eigenvalue weighted by Gasteiger charge is 2.51. The lowest BCUT2D eigenvalue weighted by atomic mass is 10.1. The van der Waals surface area contributed by atoms with Crippen molar-refractivity contribution in [1.82, 2.24) is 10.9 Å². The predicted molar refractivity (Wildman–Crippen MR) is 97.9 cm³/mol. The molecule has 2 aliphatic rings. The molecule has 1 aromatic carbocycles. The van der Waals surface area contributed by atoms with E-state index in [1.165, 1.54) is 0 Å². The molecule has 26 heavy (non-hydrogen) atoms. The summed E-state index contributed by atoms with van der Waals surface area (Å²) < 4.78 is 34.9. The van der Waals surface area contributed by atoms with Crippen LogP contribution in [0.4, 0.5) is 5.69 Å². The van der Waals surface area contributed by atoms with E-state index >= 15 is 0 Å². The Labute approximate surface area is 152 Å². The molecule has 0 spiro atoms. The Morgan fingerprint density at radius 3 is 2.69 bits per heavy atom. The first-order valence-electron chi connectivity index (χ1n) is 8.23. The number of amides is 1. The van der Waals surface area contributed by atoms with Gasteiger partial charge in [-0.15, -0.1) is 4.40 Å². The molecule has 0 unspecified atom stereocenters. The number of nitrogens with two attached hydrogens (primary N) is 1. The molecule has 0 radical (unpaired) electrons. The summed E-state index contributed by atoms with van der Waals surface area (Å²) in [5.74, 6) is 0.117. The highest BCUT2D eigenvalue weighted by molar-refractivity contribution is 7.91. The van der Waals surface area contributed by atoms with Crippen molar-refractivity contribution < 1.29 is 17.9 Å². The molecule has 0 aromatic heterocycles. The summed E-state index contributed by atoms with van der Waals surface area (Å²) in [6, 6.07) is 4.90. The summed E-state index contributed by atoms with van der Waals surface area (Å²) in [7, 11) is -3.84. The van der Waals surface area contributed by atoms with Crippen LogP contribution in [0.5, 0.6) is 5.75 Å². The second-order valence-corrected chi connectivity index (χ2v) is 8.97. The quantitative estimate of drug-likeness (QED) is 0.553. The SMILES string of the molecule is CC(C)(C)NNC(=O)C1(COc2cccc3c2C(N)=NS(=O)(=O)N3)CC1. The first-order chi connectivity index (χ1) is 12.0. The average Bonchev–Trinajstić information content (AvgIpc) is 3.29. The van der Waals surface area contributed by atoms with Crippen LogP contribution in [0.1, 0.15) is 39.2 Å². The Morgan fingerprint density at radius 2 is 2.08 bits per heavy atom. The number of carbonyl (C=O) groups is 1. The van der Waals surface area contributed by atoms with E-state index in [9.17, 15) is 13.2 Å². The maximum Gasteiger partial charge on any atom is 0.344 e.